The van der Waals surface area contributed by atoms with Gasteiger partial charge < -0.3 is 19.6 Å². The monoisotopic (exact) mass is 356 g/mol. The number of oxazole rings is 1. The van der Waals surface area contributed by atoms with Gasteiger partial charge in [-0.2, -0.15) is 0 Å². The van der Waals surface area contributed by atoms with Crippen LogP contribution in [-0.4, -0.2) is 24.7 Å². The van der Waals surface area contributed by atoms with Gasteiger partial charge in [-0.1, -0.05) is 11.8 Å². The van der Waals surface area contributed by atoms with Gasteiger partial charge in [-0.05, 0) is 31.9 Å². The highest BCUT2D eigenvalue weighted by atomic mass is 16.5. The van der Waals surface area contributed by atoms with E-state index in [0.717, 1.165) is 18.4 Å². The lowest BCUT2D eigenvalue weighted by Gasteiger charge is -2.10. The second-order valence-electron chi connectivity index (χ2n) is 5.67. The van der Waals surface area contributed by atoms with Crippen LogP contribution < -0.4 is 10.5 Å². The van der Waals surface area contributed by atoms with Gasteiger partial charge in [0.2, 0.25) is 0 Å². The fraction of sp³-hybridized carbons (Fsp3) is 0.400. The number of unbranched alkanes of at least 4 members (excludes halogenated alkanes) is 2. The molecule has 138 valence electrons. The number of aromatic nitrogens is 1. The van der Waals surface area contributed by atoms with Crippen molar-refractivity contribution in [3.8, 4) is 28.9 Å². The summed E-state index contributed by atoms with van der Waals surface area (Å²) in [6, 6.07) is 3.70. The maximum atomic E-state index is 11.3. The smallest absolute Gasteiger partial charge is 0.305 e. The molecule has 0 amide bonds. The molecule has 0 bridgehead atoms. The number of rotatable bonds is 7. The molecule has 0 fully saturated rings. The topological polar surface area (TPSA) is 87.6 Å². The normalized spacial score (nSPS) is 10.1. The van der Waals surface area contributed by atoms with E-state index >= 15 is 0 Å². The molecule has 0 radical (unpaired) electrons. The van der Waals surface area contributed by atoms with Gasteiger partial charge in [-0.15, -0.1) is 0 Å². The van der Waals surface area contributed by atoms with E-state index in [-0.39, 0.29) is 5.97 Å². The number of aryl methyl sites for hydroxylation is 1. The van der Waals surface area contributed by atoms with Gasteiger partial charge >= 0.3 is 5.97 Å². The quantitative estimate of drug-likeness (QED) is 0.352. The number of esters is 1. The van der Waals surface area contributed by atoms with Crippen molar-refractivity contribution < 1.29 is 18.7 Å². The average molecular weight is 356 g/mol. The average Bonchev–Trinajstić information content (AvgIpc) is 3.05. The highest BCUT2D eigenvalue weighted by Crippen LogP contribution is 2.37. The maximum absolute atomic E-state index is 11.3. The molecular formula is C20H24N2O4. The molecule has 2 aromatic rings. The number of methoxy groups -OCH3 is 1. The van der Waals surface area contributed by atoms with Crippen LogP contribution in [0, 0.1) is 18.8 Å². The van der Waals surface area contributed by atoms with Crippen LogP contribution in [0.4, 0.5) is 5.69 Å². The highest BCUT2D eigenvalue weighted by molar-refractivity contribution is 5.78. The summed E-state index contributed by atoms with van der Waals surface area (Å²) in [6.45, 7) is 4.00. The first kappa shape index (κ1) is 19.4. The van der Waals surface area contributed by atoms with Gasteiger partial charge in [0.05, 0.1) is 36.7 Å². The van der Waals surface area contributed by atoms with Gasteiger partial charge in [0.25, 0.3) is 0 Å². The number of benzene rings is 1. The van der Waals surface area contributed by atoms with E-state index in [1.165, 1.54) is 0 Å². The molecule has 0 saturated carbocycles. The molecule has 2 rings (SSSR count). The minimum atomic E-state index is -0.160. The molecule has 26 heavy (non-hydrogen) atoms. The second kappa shape index (κ2) is 9.52. The molecule has 0 aliphatic carbocycles. The summed E-state index contributed by atoms with van der Waals surface area (Å²) in [5.41, 5.74) is 8.11. The maximum Gasteiger partial charge on any atom is 0.305 e. The third-order valence-electron chi connectivity index (χ3n) is 3.75. The number of hydrogen-bond acceptors (Lipinski definition) is 6. The van der Waals surface area contributed by atoms with Gasteiger partial charge in [0.15, 0.2) is 17.4 Å². The highest BCUT2D eigenvalue weighted by Gasteiger charge is 2.15. The van der Waals surface area contributed by atoms with Crippen LogP contribution in [0.1, 0.15) is 44.1 Å². The fourth-order valence-corrected chi connectivity index (χ4v) is 2.48. The lowest BCUT2D eigenvalue weighted by atomic mass is 10.1. The standard InChI is InChI=1S/C20H24N2O4/c1-4-25-18(23)10-8-6-5-7-9-15-11-12-16(20(24-3)19(15)21)17-13-22-14(2)26-17/h11-13H,4-6,8,10,21H2,1-3H3. The van der Waals surface area contributed by atoms with Crippen LogP contribution in [0.25, 0.3) is 11.3 Å². The molecule has 0 aliphatic heterocycles. The van der Waals surface area contributed by atoms with E-state index < -0.39 is 0 Å². The Kier molecular flexibility index (Phi) is 7.10. The summed E-state index contributed by atoms with van der Waals surface area (Å²) in [5.74, 6) is 7.70. The van der Waals surface area contributed by atoms with Crippen molar-refractivity contribution >= 4 is 11.7 Å². The summed E-state index contributed by atoms with van der Waals surface area (Å²) >= 11 is 0. The first-order valence-electron chi connectivity index (χ1n) is 8.60. The lowest BCUT2D eigenvalue weighted by molar-refractivity contribution is -0.143. The van der Waals surface area contributed by atoms with Crippen molar-refractivity contribution in [3.05, 3.63) is 29.8 Å². The first-order valence-corrected chi connectivity index (χ1v) is 8.60. The minimum Gasteiger partial charge on any atom is -0.494 e. The van der Waals surface area contributed by atoms with Gasteiger partial charge in [0.1, 0.15) is 0 Å². The number of carbonyl (C=O) groups is 1. The zero-order chi connectivity index (χ0) is 18.9. The predicted molar refractivity (Wildman–Crippen MR) is 99.6 cm³/mol. The fourth-order valence-electron chi connectivity index (χ4n) is 2.48. The molecule has 2 N–H and O–H groups in total. The second-order valence-corrected chi connectivity index (χ2v) is 5.67. The van der Waals surface area contributed by atoms with Crippen molar-refractivity contribution in [2.24, 2.45) is 0 Å². The minimum absolute atomic E-state index is 0.160. The molecule has 0 aliphatic rings. The van der Waals surface area contributed by atoms with Crippen LogP contribution in [0.2, 0.25) is 0 Å². The zero-order valence-corrected chi connectivity index (χ0v) is 15.4. The molecular weight excluding hydrogens is 332 g/mol. The molecule has 6 nitrogen and oxygen atoms in total. The van der Waals surface area contributed by atoms with Gasteiger partial charge in [0, 0.05) is 19.8 Å². The molecule has 0 atom stereocenters. The zero-order valence-electron chi connectivity index (χ0n) is 15.4. The molecule has 0 unspecified atom stereocenters. The molecule has 1 aromatic heterocycles. The Morgan fingerprint density at radius 3 is 2.81 bits per heavy atom. The summed E-state index contributed by atoms with van der Waals surface area (Å²) in [4.78, 5) is 15.4. The summed E-state index contributed by atoms with van der Waals surface area (Å²) in [5, 5.41) is 0. The Morgan fingerprint density at radius 2 is 2.15 bits per heavy atom. The predicted octanol–water partition coefficient (Wildman–Crippen LogP) is 3.72. The van der Waals surface area contributed by atoms with E-state index in [0.29, 0.717) is 48.1 Å². The van der Waals surface area contributed by atoms with Crippen molar-refractivity contribution in [1.29, 1.82) is 0 Å². The summed E-state index contributed by atoms with van der Waals surface area (Å²) in [6.07, 6.45) is 4.34. The Balaban J connectivity index is 2.02. The largest absolute Gasteiger partial charge is 0.494 e. The summed E-state index contributed by atoms with van der Waals surface area (Å²) < 4.78 is 15.9. The molecule has 1 aromatic carbocycles. The number of carbonyl (C=O) groups excluding carboxylic acids is 1. The Morgan fingerprint density at radius 1 is 1.35 bits per heavy atom. The number of anilines is 1. The van der Waals surface area contributed by atoms with Crippen LogP contribution in [0.15, 0.2) is 22.7 Å². The number of nitrogens with two attached hydrogens (primary N) is 1. The molecule has 0 saturated heterocycles. The van der Waals surface area contributed by atoms with Gasteiger partial charge in [-0.25, -0.2) is 4.98 Å². The molecule has 1 heterocycles. The van der Waals surface area contributed by atoms with Crippen LogP contribution in [0.3, 0.4) is 0 Å². The first-order chi connectivity index (χ1) is 12.6. The van der Waals surface area contributed by atoms with Crippen LogP contribution in [-0.2, 0) is 9.53 Å². The van der Waals surface area contributed by atoms with Crippen molar-refractivity contribution in [3.63, 3.8) is 0 Å². The van der Waals surface area contributed by atoms with Crippen molar-refractivity contribution in [1.82, 2.24) is 4.98 Å². The lowest BCUT2D eigenvalue weighted by Crippen LogP contribution is -2.02. The van der Waals surface area contributed by atoms with E-state index in [2.05, 4.69) is 16.8 Å². The van der Waals surface area contributed by atoms with E-state index in [1.807, 2.05) is 12.1 Å². The van der Waals surface area contributed by atoms with Crippen molar-refractivity contribution in [2.45, 2.75) is 39.5 Å². The van der Waals surface area contributed by atoms with E-state index in [9.17, 15) is 4.79 Å². The molecule has 6 heteroatoms. The third-order valence-corrected chi connectivity index (χ3v) is 3.75. The van der Waals surface area contributed by atoms with Gasteiger partial charge in [-0.3, -0.25) is 4.79 Å². The summed E-state index contributed by atoms with van der Waals surface area (Å²) in [7, 11) is 1.56. The number of ether oxygens (including phenoxy) is 2. The van der Waals surface area contributed by atoms with Crippen LogP contribution >= 0.6 is 0 Å². The Labute approximate surface area is 153 Å². The Bertz CT molecular complexity index is 815. The van der Waals surface area contributed by atoms with E-state index in [4.69, 9.17) is 19.6 Å². The van der Waals surface area contributed by atoms with E-state index in [1.54, 1.807) is 27.2 Å². The van der Waals surface area contributed by atoms with Crippen molar-refractivity contribution in [2.75, 3.05) is 19.5 Å². The molecule has 0 spiro atoms. The Hall–Kier alpha value is -2.94. The SMILES string of the molecule is CCOC(=O)CCCCC#Cc1ccc(-c2cnc(C)o2)c(OC)c1N. The van der Waals surface area contributed by atoms with Crippen LogP contribution in [0.5, 0.6) is 5.75 Å². The number of hydrogen-bond donors (Lipinski definition) is 1. The number of nitrogen functional groups attached to an aromatic ring is 1. The number of nitrogens with zero attached hydrogens (tertiary/aromatic N) is 1. The third kappa shape index (κ3) is 5.03.